The third kappa shape index (κ3) is 4.47. The highest BCUT2D eigenvalue weighted by Crippen LogP contribution is 2.30. The van der Waals surface area contributed by atoms with Gasteiger partial charge in [0.15, 0.2) is 11.7 Å². The molecule has 1 amide bonds. The maximum Gasteiger partial charge on any atom is 0.338 e. The predicted molar refractivity (Wildman–Crippen MR) is 103 cm³/mol. The van der Waals surface area contributed by atoms with E-state index < -0.39 is 18.5 Å². The van der Waals surface area contributed by atoms with E-state index in [1.54, 1.807) is 18.2 Å². The summed E-state index contributed by atoms with van der Waals surface area (Å²) in [6.07, 6.45) is 0. The molecule has 0 saturated carbocycles. The van der Waals surface area contributed by atoms with Gasteiger partial charge in [-0.25, -0.2) is 9.78 Å². The van der Waals surface area contributed by atoms with Gasteiger partial charge in [-0.2, -0.15) is 0 Å². The van der Waals surface area contributed by atoms with Crippen molar-refractivity contribution in [3.63, 3.8) is 0 Å². The van der Waals surface area contributed by atoms with Gasteiger partial charge in [-0.3, -0.25) is 10.1 Å². The highest BCUT2D eigenvalue weighted by Gasteiger charge is 2.14. The van der Waals surface area contributed by atoms with Gasteiger partial charge in [0.25, 0.3) is 5.91 Å². The number of amides is 1. The summed E-state index contributed by atoms with van der Waals surface area (Å²) in [4.78, 5) is 29.4. The minimum Gasteiger partial charge on any atom is -0.452 e. The Morgan fingerprint density at radius 2 is 1.92 bits per heavy atom. The first-order valence-corrected chi connectivity index (χ1v) is 8.98. The first-order valence-electron chi connectivity index (χ1n) is 7.78. The van der Waals surface area contributed by atoms with Crippen LogP contribution in [0.2, 0.25) is 5.02 Å². The second-order valence-electron chi connectivity index (χ2n) is 5.42. The predicted octanol–water partition coefficient (Wildman–Crippen LogP) is 4.57. The fourth-order valence-corrected chi connectivity index (χ4v) is 3.34. The topological polar surface area (TPSA) is 68.3 Å². The maximum absolute atomic E-state index is 12.0. The lowest BCUT2D eigenvalue weighted by Crippen LogP contribution is -2.20. The van der Waals surface area contributed by atoms with Crippen molar-refractivity contribution in [2.24, 2.45) is 0 Å². The molecule has 0 atom stereocenters. The summed E-state index contributed by atoms with van der Waals surface area (Å²) in [6, 6.07) is 16.1. The summed E-state index contributed by atoms with van der Waals surface area (Å²) in [7, 11) is 0. The van der Waals surface area contributed by atoms with Crippen LogP contribution in [0.4, 0.5) is 5.13 Å². The lowest BCUT2D eigenvalue weighted by molar-refractivity contribution is -0.119. The minimum absolute atomic E-state index is 0.293. The smallest absolute Gasteiger partial charge is 0.338 e. The Morgan fingerprint density at radius 3 is 2.65 bits per heavy atom. The van der Waals surface area contributed by atoms with Gasteiger partial charge in [-0.15, -0.1) is 11.3 Å². The quantitative estimate of drug-likeness (QED) is 0.652. The van der Waals surface area contributed by atoms with Crippen LogP contribution in [0.5, 0.6) is 0 Å². The number of rotatable bonds is 5. The summed E-state index contributed by atoms with van der Waals surface area (Å²) in [5.74, 6) is -1.06. The van der Waals surface area contributed by atoms with Gasteiger partial charge < -0.3 is 4.74 Å². The summed E-state index contributed by atoms with van der Waals surface area (Å²) in [5.41, 5.74) is 2.10. The van der Waals surface area contributed by atoms with Crippen LogP contribution >= 0.6 is 22.9 Å². The molecule has 0 aliphatic rings. The zero-order chi connectivity index (χ0) is 18.5. The van der Waals surface area contributed by atoms with Crippen LogP contribution < -0.4 is 5.32 Å². The summed E-state index contributed by atoms with van der Waals surface area (Å²) in [6.45, 7) is 1.54. The van der Waals surface area contributed by atoms with Crippen LogP contribution in [-0.2, 0) is 9.53 Å². The number of halogens is 1. The molecule has 2 aromatic carbocycles. The van der Waals surface area contributed by atoms with E-state index >= 15 is 0 Å². The number of anilines is 1. The molecule has 0 spiro atoms. The largest absolute Gasteiger partial charge is 0.452 e. The van der Waals surface area contributed by atoms with Crippen LogP contribution in [-0.4, -0.2) is 23.5 Å². The molecular weight excluding hydrogens is 372 g/mol. The van der Waals surface area contributed by atoms with E-state index in [0.29, 0.717) is 15.7 Å². The molecule has 1 heterocycles. The Bertz CT molecular complexity index is 941. The van der Waals surface area contributed by atoms with Gasteiger partial charge in [0.1, 0.15) is 0 Å². The van der Waals surface area contributed by atoms with Crippen molar-refractivity contribution < 1.29 is 14.3 Å². The van der Waals surface area contributed by atoms with Gasteiger partial charge in [0, 0.05) is 15.5 Å². The molecule has 5 nitrogen and oxygen atoms in total. The Hall–Kier alpha value is -2.70. The molecule has 132 valence electrons. The molecule has 7 heteroatoms. The van der Waals surface area contributed by atoms with Crippen molar-refractivity contribution in [2.45, 2.75) is 6.92 Å². The number of aryl methyl sites for hydroxylation is 1. The standard InChI is InChI=1S/C19H15ClN2O3S/c1-12-17(13-6-3-2-4-7-13)22-19(26-12)21-16(23)11-25-18(24)14-8-5-9-15(20)10-14/h2-10H,11H2,1H3,(H,21,22,23). The molecule has 26 heavy (non-hydrogen) atoms. The monoisotopic (exact) mass is 386 g/mol. The Morgan fingerprint density at radius 1 is 1.15 bits per heavy atom. The van der Waals surface area contributed by atoms with Crippen LogP contribution in [0, 0.1) is 6.92 Å². The molecule has 0 fully saturated rings. The molecule has 3 rings (SSSR count). The normalized spacial score (nSPS) is 10.4. The average molecular weight is 387 g/mol. The van der Waals surface area contributed by atoms with Crippen molar-refractivity contribution in [3.05, 3.63) is 70.1 Å². The number of nitrogens with zero attached hydrogens (tertiary/aromatic N) is 1. The summed E-state index contributed by atoms with van der Waals surface area (Å²) in [5, 5.41) is 3.55. The molecule has 0 saturated heterocycles. The van der Waals surface area contributed by atoms with E-state index in [4.69, 9.17) is 16.3 Å². The van der Waals surface area contributed by atoms with Gasteiger partial charge in [0.2, 0.25) is 0 Å². The van der Waals surface area contributed by atoms with E-state index in [2.05, 4.69) is 10.3 Å². The van der Waals surface area contributed by atoms with Crippen LogP contribution in [0.1, 0.15) is 15.2 Å². The fraction of sp³-hybridized carbons (Fsp3) is 0.105. The molecule has 0 aliphatic heterocycles. The number of aromatic nitrogens is 1. The lowest BCUT2D eigenvalue weighted by Gasteiger charge is -2.05. The van der Waals surface area contributed by atoms with Gasteiger partial charge >= 0.3 is 5.97 Å². The molecule has 0 bridgehead atoms. The average Bonchev–Trinajstić information content (AvgIpc) is 3.00. The Labute approximate surface area is 159 Å². The Kier molecular flexibility index (Phi) is 5.65. The third-order valence-corrected chi connectivity index (χ3v) is 4.61. The first kappa shape index (κ1) is 18.1. The van der Waals surface area contributed by atoms with Crippen molar-refractivity contribution >= 4 is 39.9 Å². The second kappa shape index (κ2) is 8.12. The van der Waals surface area contributed by atoms with E-state index in [1.165, 1.54) is 17.4 Å². The molecule has 0 unspecified atom stereocenters. The SMILES string of the molecule is Cc1sc(NC(=O)COC(=O)c2cccc(Cl)c2)nc1-c1ccccc1. The molecule has 0 aliphatic carbocycles. The number of nitrogens with one attached hydrogen (secondary N) is 1. The van der Waals surface area contributed by atoms with Crippen molar-refractivity contribution in [3.8, 4) is 11.3 Å². The first-order chi connectivity index (χ1) is 12.5. The molecule has 3 aromatic rings. The fourth-order valence-electron chi connectivity index (χ4n) is 2.30. The van der Waals surface area contributed by atoms with Crippen LogP contribution in [0.3, 0.4) is 0 Å². The Balaban J connectivity index is 1.59. The van der Waals surface area contributed by atoms with Gasteiger partial charge in [-0.05, 0) is 25.1 Å². The van der Waals surface area contributed by atoms with Crippen molar-refractivity contribution in [1.29, 1.82) is 0 Å². The highest BCUT2D eigenvalue weighted by atomic mass is 35.5. The van der Waals surface area contributed by atoms with Crippen molar-refractivity contribution in [2.75, 3.05) is 11.9 Å². The maximum atomic E-state index is 12.0. The van der Waals surface area contributed by atoms with E-state index in [9.17, 15) is 9.59 Å². The number of esters is 1. The number of carbonyl (C=O) groups is 2. The number of hydrogen-bond donors (Lipinski definition) is 1. The number of benzene rings is 2. The number of thiazole rings is 1. The lowest BCUT2D eigenvalue weighted by atomic mass is 10.1. The highest BCUT2D eigenvalue weighted by molar-refractivity contribution is 7.16. The van der Waals surface area contributed by atoms with Gasteiger partial charge in [-0.1, -0.05) is 48.0 Å². The van der Waals surface area contributed by atoms with Crippen LogP contribution in [0.25, 0.3) is 11.3 Å². The zero-order valence-electron chi connectivity index (χ0n) is 13.9. The number of carbonyl (C=O) groups excluding carboxylic acids is 2. The van der Waals surface area contributed by atoms with Crippen LogP contribution in [0.15, 0.2) is 54.6 Å². The summed E-state index contributed by atoms with van der Waals surface area (Å²) < 4.78 is 5.01. The number of ether oxygens (including phenoxy) is 1. The second-order valence-corrected chi connectivity index (χ2v) is 7.06. The van der Waals surface area contributed by atoms with E-state index in [-0.39, 0.29) is 0 Å². The zero-order valence-corrected chi connectivity index (χ0v) is 15.4. The summed E-state index contributed by atoms with van der Waals surface area (Å²) >= 11 is 7.20. The van der Waals surface area contributed by atoms with Crippen molar-refractivity contribution in [1.82, 2.24) is 4.98 Å². The third-order valence-electron chi connectivity index (χ3n) is 3.48. The minimum atomic E-state index is -0.608. The molecule has 1 N–H and O–H groups in total. The number of hydrogen-bond acceptors (Lipinski definition) is 5. The molecular formula is C19H15ClN2O3S. The van der Waals surface area contributed by atoms with E-state index in [0.717, 1.165) is 16.1 Å². The van der Waals surface area contributed by atoms with E-state index in [1.807, 2.05) is 37.3 Å². The van der Waals surface area contributed by atoms with Gasteiger partial charge in [0.05, 0.1) is 11.3 Å². The molecule has 1 aromatic heterocycles. The molecule has 0 radical (unpaired) electrons.